The van der Waals surface area contributed by atoms with Gasteiger partial charge in [-0.3, -0.25) is 14.6 Å². The summed E-state index contributed by atoms with van der Waals surface area (Å²) in [5.41, 5.74) is 0.401. The molecule has 1 rings (SSSR count). The molecule has 0 aliphatic carbocycles. The van der Waals surface area contributed by atoms with E-state index >= 15 is 0 Å². The van der Waals surface area contributed by atoms with Gasteiger partial charge in [-0.15, -0.1) is 0 Å². The molecule has 0 saturated carbocycles. The molecule has 116 valence electrons. The van der Waals surface area contributed by atoms with Gasteiger partial charge in [0.15, 0.2) is 0 Å². The van der Waals surface area contributed by atoms with E-state index in [2.05, 4.69) is 24.1 Å². The number of carboxylic acid groups (broad SMARTS) is 1. The number of halogens is 1. The summed E-state index contributed by atoms with van der Waals surface area (Å²) in [7, 11) is 0. The molecule has 21 heavy (non-hydrogen) atoms. The normalized spacial score (nSPS) is 12.2. The number of carbonyl (C=O) groups excluding carboxylic acids is 1. The Morgan fingerprint density at radius 1 is 1.38 bits per heavy atom. The Balaban J connectivity index is 2.45. The van der Waals surface area contributed by atoms with Crippen LogP contribution in [0.5, 0.6) is 0 Å². The van der Waals surface area contributed by atoms with Crippen LogP contribution in [0.3, 0.4) is 0 Å². The smallest absolute Gasteiger partial charge is 0.303 e. The maximum atomic E-state index is 12.0. The number of nitrogens with one attached hydrogen (secondary N) is 1. The molecule has 1 heterocycles. The molecule has 0 aliphatic rings. The zero-order valence-electron chi connectivity index (χ0n) is 12.3. The van der Waals surface area contributed by atoms with Crippen LogP contribution in [-0.2, 0) is 4.79 Å². The van der Waals surface area contributed by atoms with Gasteiger partial charge < -0.3 is 10.4 Å². The number of hydrogen-bond acceptors (Lipinski definition) is 3. The Hall–Kier alpha value is -1.62. The van der Waals surface area contributed by atoms with Gasteiger partial charge in [0, 0.05) is 25.4 Å². The lowest BCUT2D eigenvalue weighted by Gasteiger charge is -2.20. The minimum absolute atomic E-state index is 0.160. The molecule has 1 unspecified atom stereocenters. The Labute approximate surface area is 129 Å². The van der Waals surface area contributed by atoms with Gasteiger partial charge >= 0.3 is 5.97 Å². The molecular formula is C15H21ClN2O3. The van der Waals surface area contributed by atoms with Gasteiger partial charge in [0.05, 0.1) is 10.6 Å². The van der Waals surface area contributed by atoms with E-state index in [1.165, 1.54) is 12.4 Å². The molecule has 1 aromatic rings. The van der Waals surface area contributed by atoms with Crippen molar-refractivity contribution in [2.24, 2.45) is 11.8 Å². The van der Waals surface area contributed by atoms with Crippen LogP contribution in [0.2, 0.25) is 5.02 Å². The van der Waals surface area contributed by atoms with E-state index in [1.54, 1.807) is 6.07 Å². The first-order chi connectivity index (χ1) is 9.91. The average Bonchev–Trinajstić information content (AvgIpc) is 2.42. The van der Waals surface area contributed by atoms with E-state index < -0.39 is 5.97 Å². The number of amides is 1. The fraction of sp³-hybridized carbons (Fsp3) is 0.533. The lowest BCUT2D eigenvalue weighted by Crippen LogP contribution is -2.27. The lowest BCUT2D eigenvalue weighted by molar-refractivity contribution is -0.137. The maximum Gasteiger partial charge on any atom is 0.303 e. The standard InChI is InChI=1S/C15H21ClN2O3/c1-10(2)11(3-4-14(19)20)5-8-18-15(21)12-6-7-17-9-13(12)16/h6-7,9-11H,3-5,8H2,1-2H3,(H,18,21)(H,19,20). The highest BCUT2D eigenvalue weighted by atomic mass is 35.5. The monoisotopic (exact) mass is 312 g/mol. The largest absolute Gasteiger partial charge is 0.481 e. The predicted octanol–water partition coefficient (Wildman–Crippen LogP) is 2.99. The third kappa shape index (κ3) is 6.12. The number of nitrogens with zero attached hydrogens (tertiary/aromatic N) is 1. The van der Waals surface area contributed by atoms with Crippen molar-refractivity contribution >= 4 is 23.5 Å². The van der Waals surface area contributed by atoms with Crippen molar-refractivity contribution < 1.29 is 14.7 Å². The molecule has 6 heteroatoms. The second-order valence-electron chi connectivity index (χ2n) is 5.34. The highest BCUT2D eigenvalue weighted by Crippen LogP contribution is 2.20. The van der Waals surface area contributed by atoms with E-state index in [0.29, 0.717) is 29.5 Å². The molecule has 0 aromatic carbocycles. The van der Waals surface area contributed by atoms with Crippen molar-refractivity contribution in [1.82, 2.24) is 10.3 Å². The van der Waals surface area contributed by atoms with Crippen LogP contribution < -0.4 is 5.32 Å². The number of aromatic nitrogens is 1. The molecule has 0 bridgehead atoms. The highest BCUT2D eigenvalue weighted by Gasteiger charge is 2.16. The first-order valence-corrected chi connectivity index (χ1v) is 7.39. The molecule has 1 atom stereocenters. The summed E-state index contributed by atoms with van der Waals surface area (Å²) < 4.78 is 0. The third-order valence-corrected chi connectivity index (χ3v) is 3.79. The summed E-state index contributed by atoms with van der Waals surface area (Å²) in [5.74, 6) is -0.364. The van der Waals surface area contributed by atoms with Crippen molar-refractivity contribution in [3.63, 3.8) is 0 Å². The zero-order chi connectivity index (χ0) is 15.8. The Kier molecular flexibility index (Phi) is 7.15. The topological polar surface area (TPSA) is 79.3 Å². The number of hydrogen-bond donors (Lipinski definition) is 2. The van der Waals surface area contributed by atoms with Gasteiger partial charge in [0.1, 0.15) is 0 Å². The van der Waals surface area contributed by atoms with Crippen molar-refractivity contribution in [1.29, 1.82) is 0 Å². The molecule has 0 spiro atoms. The van der Waals surface area contributed by atoms with Crippen molar-refractivity contribution in [2.75, 3.05) is 6.54 Å². The average molecular weight is 313 g/mol. The summed E-state index contributed by atoms with van der Waals surface area (Å²) >= 11 is 5.91. The quantitative estimate of drug-likeness (QED) is 0.773. The second kappa shape index (κ2) is 8.62. The van der Waals surface area contributed by atoms with Gasteiger partial charge in [-0.2, -0.15) is 0 Å². The summed E-state index contributed by atoms with van der Waals surface area (Å²) in [6, 6.07) is 1.57. The van der Waals surface area contributed by atoms with Gasteiger partial charge in [-0.1, -0.05) is 25.4 Å². The minimum atomic E-state index is -0.784. The van der Waals surface area contributed by atoms with E-state index in [0.717, 1.165) is 6.42 Å². The fourth-order valence-electron chi connectivity index (χ4n) is 2.15. The van der Waals surface area contributed by atoms with Crippen LogP contribution in [0.25, 0.3) is 0 Å². The molecule has 1 amide bonds. The van der Waals surface area contributed by atoms with Crippen molar-refractivity contribution in [2.45, 2.75) is 33.1 Å². The third-order valence-electron chi connectivity index (χ3n) is 3.49. The maximum absolute atomic E-state index is 12.0. The summed E-state index contributed by atoms with van der Waals surface area (Å²) in [6.45, 7) is 4.63. The molecule has 0 fully saturated rings. The van der Waals surface area contributed by atoms with E-state index in [1.807, 2.05) is 0 Å². The molecule has 0 radical (unpaired) electrons. The van der Waals surface area contributed by atoms with E-state index in [9.17, 15) is 9.59 Å². The predicted molar refractivity (Wildman–Crippen MR) is 81.4 cm³/mol. The van der Waals surface area contributed by atoms with E-state index in [-0.39, 0.29) is 18.2 Å². The first-order valence-electron chi connectivity index (χ1n) is 7.01. The highest BCUT2D eigenvalue weighted by molar-refractivity contribution is 6.33. The molecular weight excluding hydrogens is 292 g/mol. The van der Waals surface area contributed by atoms with Gasteiger partial charge in [-0.05, 0) is 30.7 Å². The van der Waals surface area contributed by atoms with Gasteiger partial charge in [-0.25, -0.2) is 0 Å². The van der Waals surface area contributed by atoms with Crippen LogP contribution in [0.1, 0.15) is 43.5 Å². The number of pyridine rings is 1. The van der Waals surface area contributed by atoms with Crippen molar-refractivity contribution in [3.05, 3.63) is 29.0 Å². The number of aliphatic carboxylic acids is 1. The van der Waals surface area contributed by atoms with Crippen LogP contribution in [0, 0.1) is 11.8 Å². The first kappa shape index (κ1) is 17.4. The Morgan fingerprint density at radius 2 is 2.10 bits per heavy atom. The van der Waals surface area contributed by atoms with Gasteiger partial charge in [0.2, 0.25) is 0 Å². The Morgan fingerprint density at radius 3 is 2.67 bits per heavy atom. The summed E-state index contributed by atoms with van der Waals surface area (Å²) in [6.07, 6.45) is 4.48. The number of rotatable bonds is 8. The lowest BCUT2D eigenvalue weighted by atomic mass is 9.88. The molecule has 1 aromatic heterocycles. The zero-order valence-corrected chi connectivity index (χ0v) is 13.1. The van der Waals surface area contributed by atoms with Crippen LogP contribution >= 0.6 is 11.6 Å². The van der Waals surface area contributed by atoms with E-state index in [4.69, 9.17) is 16.7 Å². The van der Waals surface area contributed by atoms with Crippen molar-refractivity contribution in [3.8, 4) is 0 Å². The summed E-state index contributed by atoms with van der Waals surface area (Å²) in [5, 5.41) is 11.9. The van der Waals surface area contributed by atoms with Crippen LogP contribution in [0.15, 0.2) is 18.5 Å². The minimum Gasteiger partial charge on any atom is -0.481 e. The van der Waals surface area contributed by atoms with Crippen LogP contribution in [0.4, 0.5) is 0 Å². The van der Waals surface area contributed by atoms with Gasteiger partial charge in [0.25, 0.3) is 5.91 Å². The SMILES string of the molecule is CC(C)C(CCNC(=O)c1ccncc1Cl)CCC(=O)O. The van der Waals surface area contributed by atoms with Crippen LogP contribution in [-0.4, -0.2) is 28.5 Å². The molecule has 0 saturated heterocycles. The number of carboxylic acids is 1. The summed E-state index contributed by atoms with van der Waals surface area (Å²) in [4.78, 5) is 26.4. The number of carbonyl (C=O) groups is 2. The molecule has 0 aliphatic heterocycles. The Bertz CT molecular complexity index is 492. The molecule has 5 nitrogen and oxygen atoms in total. The second-order valence-corrected chi connectivity index (χ2v) is 5.74. The molecule has 2 N–H and O–H groups in total. The fourth-order valence-corrected chi connectivity index (χ4v) is 2.35.